The Kier molecular flexibility index (Phi) is 1.99. The highest BCUT2D eigenvalue weighted by Crippen LogP contribution is 2.39. The van der Waals surface area contributed by atoms with Crippen molar-refractivity contribution in [1.82, 2.24) is 19.9 Å². The first-order valence-corrected chi connectivity index (χ1v) is 6.46. The van der Waals surface area contributed by atoms with Crippen LogP contribution in [0.25, 0.3) is 5.65 Å². The van der Waals surface area contributed by atoms with E-state index >= 15 is 0 Å². The van der Waals surface area contributed by atoms with E-state index in [1.807, 2.05) is 10.7 Å². The molecule has 1 unspecified atom stereocenters. The Bertz CT molecular complexity index is 550. The van der Waals surface area contributed by atoms with Crippen LogP contribution < -0.4 is 5.32 Å². The summed E-state index contributed by atoms with van der Waals surface area (Å²) in [5.41, 5.74) is 3.52. The molecule has 4 nitrogen and oxygen atoms in total. The van der Waals surface area contributed by atoms with E-state index < -0.39 is 0 Å². The average molecular weight is 228 g/mol. The molecule has 1 atom stereocenters. The van der Waals surface area contributed by atoms with Gasteiger partial charge in [0.1, 0.15) is 0 Å². The van der Waals surface area contributed by atoms with Crippen LogP contribution in [-0.4, -0.2) is 27.7 Å². The lowest BCUT2D eigenvalue weighted by atomic mass is 10.1. The molecule has 1 saturated heterocycles. The Hall–Kier alpha value is -1.42. The molecule has 2 aromatic heterocycles. The van der Waals surface area contributed by atoms with E-state index in [2.05, 4.69) is 27.7 Å². The van der Waals surface area contributed by atoms with Crippen LogP contribution in [0.15, 0.2) is 18.5 Å². The second-order valence-electron chi connectivity index (χ2n) is 5.22. The van der Waals surface area contributed by atoms with Crippen molar-refractivity contribution in [3.05, 3.63) is 29.7 Å². The van der Waals surface area contributed by atoms with Gasteiger partial charge in [0.2, 0.25) is 0 Å². The fraction of sp³-hybridized carbons (Fsp3) is 0.538. The molecule has 1 aliphatic carbocycles. The number of rotatable bonds is 2. The van der Waals surface area contributed by atoms with Crippen LogP contribution in [0.3, 0.4) is 0 Å². The molecule has 0 amide bonds. The first-order chi connectivity index (χ1) is 8.40. The molecule has 0 spiro atoms. The largest absolute Gasteiger partial charge is 0.316 e. The van der Waals surface area contributed by atoms with Gasteiger partial charge in [-0.15, -0.1) is 0 Å². The lowest BCUT2D eigenvalue weighted by Gasteiger charge is -2.01. The van der Waals surface area contributed by atoms with Gasteiger partial charge < -0.3 is 5.32 Å². The highest BCUT2D eigenvalue weighted by molar-refractivity contribution is 5.41. The molecule has 1 aliphatic heterocycles. The van der Waals surface area contributed by atoms with Crippen LogP contribution in [0, 0.1) is 0 Å². The maximum absolute atomic E-state index is 4.68. The molecule has 2 fully saturated rings. The van der Waals surface area contributed by atoms with Gasteiger partial charge in [0.25, 0.3) is 0 Å². The summed E-state index contributed by atoms with van der Waals surface area (Å²) in [7, 11) is 0. The minimum absolute atomic E-state index is 0.570. The number of nitrogens with zero attached hydrogens (tertiary/aromatic N) is 3. The molecule has 0 radical (unpaired) electrons. The highest BCUT2D eigenvalue weighted by Gasteiger charge is 2.25. The summed E-state index contributed by atoms with van der Waals surface area (Å²) in [6, 6.07) is 2.13. The number of hydrogen-bond donors (Lipinski definition) is 1. The van der Waals surface area contributed by atoms with E-state index in [9.17, 15) is 0 Å². The number of aromatic nitrogens is 3. The molecule has 2 aliphatic rings. The fourth-order valence-electron chi connectivity index (χ4n) is 2.64. The summed E-state index contributed by atoms with van der Waals surface area (Å²) >= 11 is 0. The van der Waals surface area contributed by atoms with Crippen LogP contribution >= 0.6 is 0 Å². The van der Waals surface area contributed by atoms with Gasteiger partial charge in [0.15, 0.2) is 5.65 Å². The van der Waals surface area contributed by atoms with Crippen LogP contribution in [0.5, 0.6) is 0 Å². The third-order valence-electron chi connectivity index (χ3n) is 3.88. The second-order valence-corrected chi connectivity index (χ2v) is 5.22. The van der Waals surface area contributed by atoms with Gasteiger partial charge in [-0.25, -0.2) is 9.50 Å². The average Bonchev–Trinajstić information content (AvgIpc) is 2.92. The maximum Gasteiger partial charge on any atom is 0.155 e. The zero-order valence-electron chi connectivity index (χ0n) is 9.76. The summed E-state index contributed by atoms with van der Waals surface area (Å²) in [6.45, 7) is 2.17. The number of hydrogen-bond acceptors (Lipinski definition) is 3. The third kappa shape index (κ3) is 1.63. The topological polar surface area (TPSA) is 42.2 Å². The van der Waals surface area contributed by atoms with Crippen molar-refractivity contribution in [2.45, 2.75) is 31.1 Å². The molecule has 1 N–H and O–H groups in total. The number of nitrogens with one attached hydrogen (secondary N) is 1. The summed E-state index contributed by atoms with van der Waals surface area (Å²) in [5.74, 6) is 1.31. The molecule has 1 saturated carbocycles. The summed E-state index contributed by atoms with van der Waals surface area (Å²) in [6.07, 6.45) is 8.00. The molecule has 4 heteroatoms. The molecular weight excluding hydrogens is 212 g/mol. The quantitative estimate of drug-likeness (QED) is 0.850. The molecular formula is C13H16N4. The second kappa shape index (κ2) is 3.53. The monoisotopic (exact) mass is 228 g/mol. The standard InChI is InChI=1S/C13H16N4/c1-2-9(1)11-7-15-13-5-12(16-17(13)8-11)10-3-4-14-6-10/h5,7-10,14H,1-4,6H2. The predicted octanol–water partition coefficient (Wildman–Crippen LogP) is 1.68. The molecule has 4 rings (SSSR count). The van der Waals surface area contributed by atoms with Gasteiger partial charge in [0, 0.05) is 30.9 Å². The molecule has 17 heavy (non-hydrogen) atoms. The minimum Gasteiger partial charge on any atom is -0.316 e. The van der Waals surface area contributed by atoms with Gasteiger partial charge >= 0.3 is 0 Å². The van der Waals surface area contributed by atoms with E-state index in [-0.39, 0.29) is 0 Å². The molecule has 0 bridgehead atoms. The SMILES string of the molecule is c1nc2cc(C3CCNC3)nn2cc1C1CC1. The highest BCUT2D eigenvalue weighted by atomic mass is 15.2. The first kappa shape index (κ1) is 9.59. The van der Waals surface area contributed by atoms with Crippen LogP contribution in [0.4, 0.5) is 0 Å². The predicted molar refractivity (Wildman–Crippen MR) is 65.2 cm³/mol. The van der Waals surface area contributed by atoms with E-state index in [0.717, 1.165) is 24.7 Å². The van der Waals surface area contributed by atoms with Gasteiger partial charge in [-0.3, -0.25) is 0 Å². The van der Waals surface area contributed by atoms with Gasteiger partial charge in [-0.05, 0) is 37.3 Å². The van der Waals surface area contributed by atoms with Crippen LogP contribution in [0.2, 0.25) is 0 Å². The summed E-state index contributed by atoms with van der Waals surface area (Å²) in [5, 5.41) is 8.06. The Morgan fingerprint density at radius 1 is 1.24 bits per heavy atom. The van der Waals surface area contributed by atoms with E-state index in [1.165, 1.54) is 30.5 Å². The molecule has 2 aromatic rings. The van der Waals surface area contributed by atoms with Crippen molar-refractivity contribution in [2.75, 3.05) is 13.1 Å². The van der Waals surface area contributed by atoms with Crippen molar-refractivity contribution >= 4 is 5.65 Å². The van der Waals surface area contributed by atoms with Gasteiger partial charge in [0.05, 0.1) is 5.69 Å². The third-order valence-corrected chi connectivity index (χ3v) is 3.88. The Balaban J connectivity index is 1.74. The molecule has 0 aromatic carbocycles. The van der Waals surface area contributed by atoms with Crippen molar-refractivity contribution in [3.8, 4) is 0 Å². The smallest absolute Gasteiger partial charge is 0.155 e. The summed E-state index contributed by atoms with van der Waals surface area (Å²) in [4.78, 5) is 4.51. The first-order valence-electron chi connectivity index (χ1n) is 6.46. The van der Waals surface area contributed by atoms with Crippen molar-refractivity contribution in [1.29, 1.82) is 0 Å². The van der Waals surface area contributed by atoms with E-state index in [0.29, 0.717) is 5.92 Å². The number of fused-ring (bicyclic) bond motifs is 1. The lowest BCUT2D eigenvalue weighted by Crippen LogP contribution is -2.08. The van der Waals surface area contributed by atoms with Gasteiger partial charge in [-0.1, -0.05) is 0 Å². The van der Waals surface area contributed by atoms with Crippen molar-refractivity contribution in [2.24, 2.45) is 0 Å². The van der Waals surface area contributed by atoms with Gasteiger partial charge in [-0.2, -0.15) is 5.10 Å². The minimum atomic E-state index is 0.570. The zero-order chi connectivity index (χ0) is 11.2. The summed E-state index contributed by atoms with van der Waals surface area (Å²) < 4.78 is 1.96. The maximum atomic E-state index is 4.68. The zero-order valence-corrected chi connectivity index (χ0v) is 9.76. The Morgan fingerprint density at radius 2 is 2.18 bits per heavy atom. The Morgan fingerprint density at radius 3 is 2.94 bits per heavy atom. The van der Waals surface area contributed by atoms with Crippen LogP contribution in [0.1, 0.15) is 42.4 Å². The van der Waals surface area contributed by atoms with Crippen molar-refractivity contribution < 1.29 is 0 Å². The molecule has 88 valence electrons. The normalized spacial score (nSPS) is 24.6. The molecule has 3 heterocycles. The van der Waals surface area contributed by atoms with E-state index in [1.54, 1.807) is 0 Å². The van der Waals surface area contributed by atoms with Crippen LogP contribution in [-0.2, 0) is 0 Å². The van der Waals surface area contributed by atoms with Crippen molar-refractivity contribution in [3.63, 3.8) is 0 Å². The van der Waals surface area contributed by atoms with E-state index in [4.69, 9.17) is 0 Å². The Labute approximate surface area is 100 Å². The lowest BCUT2D eigenvalue weighted by molar-refractivity contribution is 0.716. The fourth-order valence-corrected chi connectivity index (χ4v) is 2.64.